The molecule has 8 rings (SSSR count). The highest BCUT2D eigenvalue weighted by Gasteiger charge is 2.40. The smallest absolute Gasteiger partial charge is 0.157 e. The van der Waals surface area contributed by atoms with Crippen LogP contribution in [0.15, 0.2) is 89.2 Å². The van der Waals surface area contributed by atoms with Crippen LogP contribution in [-0.2, 0) is 12.8 Å². The number of hydrogen-bond donors (Lipinski definition) is 1. The van der Waals surface area contributed by atoms with E-state index in [-0.39, 0.29) is 0 Å². The van der Waals surface area contributed by atoms with Gasteiger partial charge in [0, 0.05) is 30.4 Å². The Morgan fingerprint density at radius 1 is 0.850 bits per heavy atom. The molecular formula is C31H26ClN7S. The molecule has 0 amide bonds. The number of aromatic nitrogens is 5. The summed E-state index contributed by atoms with van der Waals surface area (Å²) in [4.78, 5) is 22.8. The van der Waals surface area contributed by atoms with Crippen molar-refractivity contribution < 1.29 is 0 Å². The Morgan fingerprint density at radius 3 is 2.45 bits per heavy atom. The molecule has 198 valence electrons. The van der Waals surface area contributed by atoms with Gasteiger partial charge < -0.3 is 10.2 Å². The van der Waals surface area contributed by atoms with Gasteiger partial charge in [0.25, 0.3) is 0 Å². The van der Waals surface area contributed by atoms with Crippen molar-refractivity contribution in [2.45, 2.75) is 35.5 Å². The van der Waals surface area contributed by atoms with Gasteiger partial charge in [-0.2, -0.15) is 0 Å². The van der Waals surface area contributed by atoms with E-state index in [1.54, 1.807) is 41.5 Å². The first-order valence-electron chi connectivity index (χ1n) is 13.6. The van der Waals surface area contributed by atoms with Gasteiger partial charge in [-0.15, -0.1) is 0 Å². The summed E-state index contributed by atoms with van der Waals surface area (Å²) >= 11 is 8.43. The summed E-state index contributed by atoms with van der Waals surface area (Å²) in [7, 11) is 0. The van der Waals surface area contributed by atoms with Gasteiger partial charge in [0.2, 0.25) is 0 Å². The van der Waals surface area contributed by atoms with E-state index >= 15 is 0 Å². The third-order valence-electron chi connectivity index (χ3n) is 8.43. The van der Waals surface area contributed by atoms with Crippen molar-refractivity contribution in [1.82, 2.24) is 24.3 Å². The Bertz CT molecular complexity index is 1820. The molecule has 40 heavy (non-hydrogen) atoms. The normalized spacial score (nSPS) is 16.3. The van der Waals surface area contributed by atoms with Crippen LogP contribution in [0.2, 0.25) is 5.02 Å². The number of nitrogens with zero attached hydrogens (tertiary/aromatic N) is 6. The monoisotopic (exact) mass is 563 g/mol. The number of hydrogen-bond acceptors (Lipinski definition) is 7. The van der Waals surface area contributed by atoms with E-state index in [2.05, 4.69) is 61.0 Å². The van der Waals surface area contributed by atoms with Crippen LogP contribution in [-0.4, -0.2) is 37.4 Å². The van der Waals surface area contributed by atoms with Crippen LogP contribution in [0.3, 0.4) is 0 Å². The van der Waals surface area contributed by atoms with E-state index in [1.165, 1.54) is 25.7 Å². The number of piperidine rings is 1. The van der Waals surface area contributed by atoms with Crippen LogP contribution in [0.4, 0.5) is 17.3 Å². The first-order valence-corrected chi connectivity index (χ1v) is 14.8. The Morgan fingerprint density at radius 2 is 1.68 bits per heavy atom. The van der Waals surface area contributed by atoms with Crippen molar-refractivity contribution >= 4 is 57.5 Å². The second-order valence-corrected chi connectivity index (χ2v) is 12.3. The average Bonchev–Trinajstić information content (AvgIpc) is 3.68. The number of imidazole rings is 2. The molecule has 4 aromatic heterocycles. The molecule has 2 aromatic carbocycles. The third kappa shape index (κ3) is 3.97. The summed E-state index contributed by atoms with van der Waals surface area (Å²) in [5.74, 6) is 1.69. The fourth-order valence-electron chi connectivity index (χ4n) is 6.41. The number of fused-ring (bicyclic) bond motifs is 1. The topological polar surface area (TPSA) is 71.2 Å². The van der Waals surface area contributed by atoms with E-state index in [1.807, 2.05) is 24.4 Å². The van der Waals surface area contributed by atoms with E-state index < -0.39 is 0 Å². The van der Waals surface area contributed by atoms with E-state index in [0.717, 1.165) is 51.2 Å². The molecule has 1 N–H and O–H groups in total. The van der Waals surface area contributed by atoms with Gasteiger partial charge in [-0.05, 0) is 66.5 Å². The predicted molar refractivity (Wildman–Crippen MR) is 160 cm³/mol. The molecule has 1 aliphatic heterocycles. The highest BCUT2D eigenvalue weighted by Crippen LogP contribution is 2.46. The third-order valence-corrected chi connectivity index (χ3v) is 10.0. The van der Waals surface area contributed by atoms with Gasteiger partial charge >= 0.3 is 0 Å². The first kappa shape index (κ1) is 24.0. The lowest BCUT2D eigenvalue weighted by Crippen LogP contribution is -2.40. The van der Waals surface area contributed by atoms with Crippen LogP contribution in [0.5, 0.6) is 0 Å². The van der Waals surface area contributed by atoms with Gasteiger partial charge in [0.15, 0.2) is 11.5 Å². The molecule has 0 unspecified atom stereocenters. The second kappa shape index (κ2) is 9.35. The van der Waals surface area contributed by atoms with Crippen LogP contribution in [0.25, 0.3) is 16.8 Å². The van der Waals surface area contributed by atoms with E-state index in [0.29, 0.717) is 16.3 Å². The van der Waals surface area contributed by atoms with Crippen LogP contribution in [0, 0.1) is 5.41 Å². The molecule has 0 bridgehead atoms. The molecule has 7 nitrogen and oxygen atoms in total. The minimum atomic E-state index is 0.401. The summed E-state index contributed by atoms with van der Waals surface area (Å²) in [6.45, 7) is 2.05. The second-order valence-electron chi connectivity index (χ2n) is 10.8. The number of nitrogens with one attached hydrogen (secondary N) is 1. The molecule has 0 radical (unpaired) electrons. The lowest BCUT2D eigenvalue weighted by molar-refractivity contribution is 0.232. The van der Waals surface area contributed by atoms with Crippen molar-refractivity contribution in [1.29, 1.82) is 0 Å². The molecule has 0 saturated carbocycles. The van der Waals surface area contributed by atoms with Crippen molar-refractivity contribution in [2.75, 3.05) is 23.3 Å². The Balaban J connectivity index is 1.05. The summed E-state index contributed by atoms with van der Waals surface area (Å²) in [6, 6.07) is 19.1. The van der Waals surface area contributed by atoms with Crippen molar-refractivity contribution in [3.05, 3.63) is 95.5 Å². The van der Waals surface area contributed by atoms with Gasteiger partial charge in [0.05, 0.1) is 28.0 Å². The van der Waals surface area contributed by atoms with E-state index in [9.17, 15) is 0 Å². The Hall–Kier alpha value is -3.88. The van der Waals surface area contributed by atoms with Crippen molar-refractivity contribution in [3.8, 4) is 0 Å². The van der Waals surface area contributed by atoms with Crippen LogP contribution < -0.4 is 10.2 Å². The number of pyridine rings is 1. The average molecular weight is 564 g/mol. The Labute approximate surface area is 241 Å². The number of anilines is 3. The first-order chi connectivity index (χ1) is 19.7. The van der Waals surface area contributed by atoms with Crippen molar-refractivity contribution in [3.63, 3.8) is 0 Å². The van der Waals surface area contributed by atoms with Gasteiger partial charge in [-0.25, -0.2) is 15.0 Å². The van der Waals surface area contributed by atoms with Gasteiger partial charge in [0.1, 0.15) is 17.0 Å². The zero-order valence-corrected chi connectivity index (χ0v) is 23.3. The molecule has 2 aliphatic rings. The molecule has 0 atom stereocenters. The SMILES string of the molecule is Clc1c(Nc2cnccn2)cccc1Sc1ccc2nc(N3CCC4(CC3)Cc3ccccc3C4)c3cnc1n23. The number of halogens is 1. The van der Waals surface area contributed by atoms with Gasteiger partial charge in [-0.3, -0.25) is 9.38 Å². The fourth-order valence-corrected chi connectivity index (χ4v) is 7.65. The molecule has 1 spiro atoms. The fraction of sp³-hybridized carbons (Fsp3) is 0.226. The lowest BCUT2D eigenvalue weighted by Gasteiger charge is -2.39. The molecule has 1 fully saturated rings. The predicted octanol–water partition coefficient (Wildman–Crippen LogP) is 7.04. The quantitative estimate of drug-likeness (QED) is 0.241. The maximum Gasteiger partial charge on any atom is 0.157 e. The molecule has 5 heterocycles. The minimum absolute atomic E-state index is 0.401. The zero-order valence-electron chi connectivity index (χ0n) is 21.7. The maximum atomic E-state index is 6.83. The van der Waals surface area contributed by atoms with Crippen LogP contribution >= 0.6 is 23.4 Å². The lowest BCUT2D eigenvalue weighted by atomic mass is 9.76. The summed E-state index contributed by atoms with van der Waals surface area (Å²) < 4.78 is 2.18. The maximum absolute atomic E-state index is 6.83. The largest absolute Gasteiger partial charge is 0.355 e. The molecule has 6 aromatic rings. The minimum Gasteiger partial charge on any atom is -0.355 e. The molecule has 1 aliphatic carbocycles. The van der Waals surface area contributed by atoms with Crippen LogP contribution in [0.1, 0.15) is 24.0 Å². The number of rotatable bonds is 5. The highest BCUT2D eigenvalue weighted by atomic mass is 35.5. The zero-order chi connectivity index (χ0) is 26.7. The summed E-state index contributed by atoms with van der Waals surface area (Å²) in [5.41, 5.74) is 7.17. The molecule has 1 saturated heterocycles. The van der Waals surface area contributed by atoms with Crippen molar-refractivity contribution in [2.24, 2.45) is 5.41 Å². The highest BCUT2D eigenvalue weighted by molar-refractivity contribution is 7.99. The number of benzene rings is 2. The molecular weight excluding hydrogens is 538 g/mol. The van der Waals surface area contributed by atoms with Gasteiger partial charge in [-0.1, -0.05) is 53.7 Å². The molecule has 9 heteroatoms. The summed E-state index contributed by atoms with van der Waals surface area (Å²) in [5, 5.41) is 3.90. The van der Waals surface area contributed by atoms with E-state index in [4.69, 9.17) is 21.6 Å². The standard InChI is InChI=1S/C31H26ClN7S/c32-28-22(36-26-19-33-12-13-34-26)6-3-7-24(28)40-25-8-9-27-37-29(23-18-35-30(25)39(23)27)38-14-10-31(11-15-38)16-20-4-1-2-5-21(20)17-31/h1-9,12-13,18-19H,10-11,14-17H2,(H,34,36). The Kier molecular flexibility index (Phi) is 5.60. The summed E-state index contributed by atoms with van der Waals surface area (Å²) in [6.07, 6.45) is 11.7.